The zero-order valence-corrected chi connectivity index (χ0v) is 21.4. The van der Waals surface area contributed by atoms with Crippen molar-refractivity contribution in [3.05, 3.63) is 81.7 Å². The van der Waals surface area contributed by atoms with Crippen LogP contribution >= 0.6 is 0 Å². The van der Waals surface area contributed by atoms with Crippen molar-refractivity contribution in [2.75, 3.05) is 7.11 Å². The van der Waals surface area contributed by atoms with Gasteiger partial charge < -0.3 is 9.72 Å². The molecule has 0 unspecified atom stereocenters. The van der Waals surface area contributed by atoms with Crippen LogP contribution in [0.5, 0.6) is 5.75 Å². The van der Waals surface area contributed by atoms with Crippen LogP contribution in [0.3, 0.4) is 0 Å². The van der Waals surface area contributed by atoms with Crippen LogP contribution in [0.2, 0.25) is 0 Å². The molecular weight excluding hydrogens is 471 g/mol. The Morgan fingerprint density at radius 2 is 1.89 bits per heavy atom. The second-order valence-corrected chi connectivity index (χ2v) is 9.81. The standard InChI is InChI=1S/C28H33FN6O2/c1-3-26(27-31-32-33-35(27)23-7-5-4-6-8-23)34(17-19-9-11-22(29)12-10-19)18-21-15-20-16-24(37-2)13-14-25(20)30-28(21)36/h9-16,23,26H,3-8,17-18H2,1-2H3,(H,30,36)/t26-/m1/s1. The summed E-state index contributed by atoms with van der Waals surface area (Å²) in [6, 6.07) is 14.2. The van der Waals surface area contributed by atoms with Gasteiger partial charge in [0.1, 0.15) is 11.6 Å². The molecule has 0 radical (unpaired) electrons. The van der Waals surface area contributed by atoms with E-state index in [0.717, 1.165) is 47.3 Å². The van der Waals surface area contributed by atoms with Gasteiger partial charge in [-0.1, -0.05) is 38.3 Å². The Morgan fingerprint density at radius 3 is 2.62 bits per heavy atom. The molecule has 1 N–H and O–H groups in total. The number of ether oxygens (including phenoxy) is 1. The Bertz CT molecular complexity index is 1390. The number of tetrazole rings is 1. The van der Waals surface area contributed by atoms with Gasteiger partial charge >= 0.3 is 0 Å². The molecule has 1 aliphatic rings. The van der Waals surface area contributed by atoms with Crippen LogP contribution in [0, 0.1) is 5.82 Å². The van der Waals surface area contributed by atoms with E-state index in [-0.39, 0.29) is 23.5 Å². The number of rotatable bonds is 9. The van der Waals surface area contributed by atoms with E-state index in [1.165, 1.54) is 31.4 Å². The Labute approximate surface area is 215 Å². The van der Waals surface area contributed by atoms with Gasteiger partial charge in [0.25, 0.3) is 5.56 Å². The number of H-pyrrole nitrogens is 1. The predicted octanol–water partition coefficient (Wildman–Crippen LogP) is 5.32. The van der Waals surface area contributed by atoms with Crippen LogP contribution in [0.1, 0.15) is 74.5 Å². The molecule has 194 valence electrons. The van der Waals surface area contributed by atoms with E-state index in [1.807, 2.05) is 28.9 Å². The highest BCUT2D eigenvalue weighted by Gasteiger charge is 2.29. The highest BCUT2D eigenvalue weighted by Crippen LogP contribution is 2.33. The Kier molecular flexibility index (Phi) is 7.60. The minimum Gasteiger partial charge on any atom is -0.497 e. The Balaban J connectivity index is 1.52. The average Bonchev–Trinajstić information content (AvgIpc) is 3.40. The van der Waals surface area contributed by atoms with Gasteiger partial charge in [-0.25, -0.2) is 9.07 Å². The van der Waals surface area contributed by atoms with E-state index >= 15 is 0 Å². The summed E-state index contributed by atoms with van der Waals surface area (Å²) in [5.74, 6) is 1.27. The molecule has 1 saturated carbocycles. The smallest absolute Gasteiger partial charge is 0.252 e. The summed E-state index contributed by atoms with van der Waals surface area (Å²) < 4.78 is 21.0. The largest absolute Gasteiger partial charge is 0.497 e. The first kappa shape index (κ1) is 25.1. The summed E-state index contributed by atoms with van der Waals surface area (Å²) in [4.78, 5) is 18.3. The van der Waals surface area contributed by atoms with Crippen molar-refractivity contribution in [1.82, 2.24) is 30.1 Å². The molecule has 0 bridgehead atoms. The van der Waals surface area contributed by atoms with Crippen LogP contribution < -0.4 is 10.3 Å². The molecule has 2 aromatic carbocycles. The Hall–Kier alpha value is -3.59. The third-order valence-electron chi connectivity index (χ3n) is 7.37. The average molecular weight is 505 g/mol. The number of hydrogen-bond acceptors (Lipinski definition) is 6. The lowest BCUT2D eigenvalue weighted by molar-refractivity contribution is 0.155. The van der Waals surface area contributed by atoms with E-state index < -0.39 is 0 Å². The maximum atomic E-state index is 13.6. The van der Waals surface area contributed by atoms with Gasteiger partial charge in [0.05, 0.1) is 19.2 Å². The van der Waals surface area contributed by atoms with Crippen molar-refractivity contribution in [3.63, 3.8) is 0 Å². The number of aromatic nitrogens is 5. The molecule has 2 heterocycles. The van der Waals surface area contributed by atoms with Crippen LogP contribution in [0.25, 0.3) is 10.9 Å². The quantitative estimate of drug-likeness (QED) is 0.332. The van der Waals surface area contributed by atoms with Gasteiger partial charge in [0.2, 0.25) is 0 Å². The fraction of sp³-hybridized carbons (Fsp3) is 0.429. The molecule has 0 saturated heterocycles. The minimum absolute atomic E-state index is 0.123. The molecule has 37 heavy (non-hydrogen) atoms. The summed E-state index contributed by atoms with van der Waals surface area (Å²) in [6.07, 6.45) is 6.49. The van der Waals surface area contributed by atoms with Crippen molar-refractivity contribution < 1.29 is 9.13 Å². The first-order valence-electron chi connectivity index (χ1n) is 13.0. The highest BCUT2D eigenvalue weighted by molar-refractivity contribution is 5.80. The molecule has 8 nitrogen and oxygen atoms in total. The molecular formula is C28H33FN6O2. The second-order valence-electron chi connectivity index (χ2n) is 9.81. The lowest BCUT2D eigenvalue weighted by Crippen LogP contribution is -2.33. The van der Waals surface area contributed by atoms with Crippen molar-refractivity contribution in [1.29, 1.82) is 0 Å². The van der Waals surface area contributed by atoms with Gasteiger partial charge in [-0.3, -0.25) is 9.69 Å². The van der Waals surface area contributed by atoms with Crippen LogP contribution in [-0.4, -0.2) is 37.2 Å². The molecule has 9 heteroatoms. The van der Waals surface area contributed by atoms with Crippen molar-refractivity contribution in [2.45, 2.75) is 70.6 Å². The maximum Gasteiger partial charge on any atom is 0.252 e. The number of hydrogen-bond donors (Lipinski definition) is 1. The number of halogens is 1. The van der Waals surface area contributed by atoms with E-state index in [9.17, 15) is 9.18 Å². The summed E-state index contributed by atoms with van der Waals surface area (Å²) in [6.45, 7) is 3.01. The molecule has 0 aliphatic heterocycles. The fourth-order valence-corrected chi connectivity index (χ4v) is 5.40. The molecule has 1 fully saturated rings. The van der Waals surface area contributed by atoms with Gasteiger partial charge in [0.15, 0.2) is 5.82 Å². The normalized spacial score (nSPS) is 15.4. The zero-order chi connectivity index (χ0) is 25.8. The minimum atomic E-state index is -0.275. The van der Waals surface area contributed by atoms with Crippen molar-refractivity contribution in [3.8, 4) is 5.75 Å². The van der Waals surface area contributed by atoms with Crippen molar-refractivity contribution >= 4 is 10.9 Å². The van der Waals surface area contributed by atoms with E-state index in [1.54, 1.807) is 19.2 Å². The van der Waals surface area contributed by atoms with Gasteiger partial charge in [-0.05, 0) is 71.7 Å². The van der Waals surface area contributed by atoms with Crippen LogP contribution in [0.15, 0.2) is 53.3 Å². The van der Waals surface area contributed by atoms with Crippen LogP contribution in [0.4, 0.5) is 4.39 Å². The summed E-state index contributed by atoms with van der Waals surface area (Å²) in [5.41, 5.74) is 2.21. The number of benzene rings is 2. The molecule has 0 amide bonds. The number of methoxy groups -OCH3 is 1. The van der Waals surface area contributed by atoms with Gasteiger partial charge in [-0.15, -0.1) is 5.10 Å². The monoisotopic (exact) mass is 504 g/mol. The Morgan fingerprint density at radius 1 is 1.11 bits per heavy atom. The molecule has 2 aromatic heterocycles. The number of nitrogens with zero attached hydrogens (tertiary/aromatic N) is 5. The van der Waals surface area contributed by atoms with Crippen LogP contribution in [-0.2, 0) is 13.1 Å². The van der Waals surface area contributed by atoms with Gasteiger partial charge in [0, 0.05) is 29.6 Å². The first-order valence-corrected chi connectivity index (χ1v) is 13.0. The number of pyridine rings is 1. The number of nitrogens with one attached hydrogen (secondary N) is 1. The van der Waals surface area contributed by atoms with E-state index in [0.29, 0.717) is 18.7 Å². The SMILES string of the molecule is CC[C@H](c1nnnn1C1CCCCC1)N(Cc1ccc(F)cc1)Cc1cc2cc(OC)ccc2[nH]c1=O. The molecule has 1 aliphatic carbocycles. The third kappa shape index (κ3) is 5.56. The molecule has 5 rings (SSSR count). The summed E-state index contributed by atoms with van der Waals surface area (Å²) >= 11 is 0. The highest BCUT2D eigenvalue weighted by atomic mass is 19.1. The van der Waals surface area contributed by atoms with Gasteiger partial charge in [-0.2, -0.15) is 0 Å². The van der Waals surface area contributed by atoms with E-state index in [4.69, 9.17) is 4.74 Å². The van der Waals surface area contributed by atoms with Crippen molar-refractivity contribution in [2.24, 2.45) is 0 Å². The summed E-state index contributed by atoms with van der Waals surface area (Å²) in [7, 11) is 1.63. The molecule has 0 spiro atoms. The topological polar surface area (TPSA) is 88.9 Å². The first-order chi connectivity index (χ1) is 18.1. The maximum absolute atomic E-state index is 13.6. The lowest BCUT2D eigenvalue weighted by atomic mass is 9.95. The molecule has 4 aromatic rings. The lowest BCUT2D eigenvalue weighted by Gasteiger charge is -2.32. The van der Waals surface area contributed by atoms with E-state index in [2.05, 4.69) is 32.3 Å². The fourth-order valence-electron chi connectivity index (χ4n) is 5.40. The zero-order valence-electron chi connectivity index (χ0n) is 21.4. The third-order valence-corrected chi connectivity index (χ3v) is 7.37. The molecule has 1 atom stereocenters. The number of fused-ring (bicyclic) bond motifs is 1. The second kappa shape index (κ2) is 11.2. The predicted molar refractivity (Wildman–Crippen MR) is 140 cm³/mol. The summed E-state index contributed by atoms with van der Waals surface area (Å²) in [5, 5.41) is 13.8. The number of aromatic amines is 1.